The van der Waals surface area contributed by atoms with Gasteiger partial charge in [-0.2, -0.15) is 0 Å². The number of aromatic amines is 1. The molecule has 106 valence electrons. The third-order valence-electron chi connectivity index (χ3n) is 3.61. The molecule has 3 N–H and O–H groups in total. The number of nitrogen functional groups attached to an aromatic ring is 1. The second-order valence-electron chi connectivity index (χ2n) is 5.06. The second-order valence-corrected chi connectivity index (χ2v) is 5.06. The fraction of sp³-hybridized carbons (Fsp3) is 0.357. The minimum Gasteiger partial charge on any atom is -0.399 e. The number of H-pyrrole nitrogens is 1. The summed E-state index contributed by atoms with van der Waals surface area (Å²) < 4.78 is 26.6. The molecule has 3 rings (SSSR count). The topological polar surface area (TPSA) is 57.9 Å². The Morgan fingerprint density at radius 3 is 2.65 bits per heavy atom. The standard InChI is InChI=1S/C14H16F2N4/c15-14(16)3-7-20(8-4-14)12-9-10(17)1-2-11(12)13-18-5-6-19-13/h1-2,5-6,9H,3-4,7-8,17H2,(H,18,19). The van der Waals surface area contributed by atoms with Crippen molar-refractivity contribution in [2.45, 2.75) is 18.8 Å². The normalized spacial score (nSPS) is 18.2. The van der Waals surface area contributed by atoms with Crippen LogP contribution in [0.3, 0.4) is 0 Å². The smallest absolute Gasteiger partial charge is 0.251 e. The highest BCUT2D eigenvalue weighted by molar-refractivity contribution is 5.77. The van der Waals surface area contributed by atoms with Gasteiger partial charge in [-0.3, -0.25) is 0 Å². The summed E-state index contributed by atoms with van der Waals surface area (Å²) in [6.45, 7) is 0.647. The van der Waals surface area contributed by atoms with Crippen LogP contribution < -0.4 is 10.6 Å². The summed E-state index contributed by atoms with van der Waals surface area (Å²) in [6.07, 6.45) is 3.15. The number of benzene rings is 1. The van der Waals surface area contributed by atoms with Crippen LogP contribution in [0.15, 0.2) is 30.6 Å². The van der Waals surface area contributed by atoms with Gasteiger partial charge in [-0.05, 0) is 18.2 Å². The molecule has 6 heteroatoms. The van der Waals surface area contributed by atoms with Gasteiger partial charge in [0.05, 0.1) is 0 Å². The summed E-state index contributed by atoms with van der Waals surface area (Å²) in [5.41, 5.74) is 8.19. The van der Waals surface area contributed by atoms with Crippen molar-refractivity contribution in [2.75, 3.05) is 23.7 Å². The lowest BCUT2D eigenvalue weighted by Crippen LogP contribution is -2.39. The van der Waals surface area contributed by atoms with E-state index in [-0.39, 0.29) is 12.8 Å². The Morgan fingerprint density at radius 1 is 1.25 bits per heavy atom. The molecule has 1 fully saturated rings. The van der Waals surface area contributed by atoms with Gasteiger partial charge in [0.25, 0.3) is 5.92 Å². The van der Waals surface area contributed by atoms with Gasteiger partial charge in [0.2, 0.25) is 0 Å². The Bertz CT molecular complexity index is 585. The van der Waals surface area contributed by atoms with Crippen LogP contribution in [0.4, 0.5) is 20.2 Å². The van der Waals surface area contributed by atoms with E-state index in [0.717, 1.165) is 17.1 Å². The van der Waals surface area contributed by atoms with Crippen molar-refractivity contribution < 1.29 is 8.78 Å². The van der Waals surface area contributed by atoms with Gasteiger partial charge in [-0.25, -0.2) is 13.8 Å². The van der Waals surface area contributed by atoms with Crippen LogP contribution in [0.25, 0.3) is 11.4 Å². The quantitative estimate of drug-likeness (QED) is 0.830. The number of piperidine rings is 1. The molecule has 1 aromatic heterocycles. The molecule has 0 spiro atoms. The number of halogens is 2. The van der Waals surface area contributed by atoms with Gasteiger partial charge in [0.1, 0.15) is 5.82 Å². The van der Waals surface area contributed by atoms with E-state index in [9.17, 15) is 8.78 Å². The number of nitrogens with zero attached hydrogens (tertiary/aromatic N) is 2. The predicted octanol–water partition coefficient (Wildman–Crippen LogP) is 2.89. The molecule has 2 aromatic rings. The number of hydrogen-bond acceptors (Lipinski definition) is 3. The third-order valence-corrected chi connectivity index (χ3v) is 3.61. The number of nitrogens with two attached hydrogens (primary N) is 1. The van der Waals surface area contributed by atoms with Crippen molar-refractivity contribution >= 4 is 11.4 Å². The molecule has 1 aromatic carbocycles. The van der Waals surface area contributed by atoms with Crippen LogP contribution in [0.1, 0.15) is 12.8 Å². The second kappa shape index (κ2) is 4.77. The molecule has 4 nitrogen and oxygen atoms in total. The first-order valence-electron chi connectivity index (χ1n) is 6.57. The van der Waals surface area contributed by atoms with E-state index >= 15 is 0 Å². The van der Waals surface area contributed by atoms with Crippen molar-refractivity contribution in [1.82, 2.24) is 9.97 Å². The van der Waals surface area contributed by atoms with Crippen molar-refractivity contribution in [1.29, 1.82) is 0 Å². The molecule has 0 saturated carbocycles. The number of alkyl halides is 2. The maximum absolute atomic E-state index is 13.3. The maximum Gasteiger partial charge on any atom is 0.251 e. The lowest BCUT2D eigenvalue weighted by molar-refractivity contribution is -0.0220. The highest BCUT2D eigenvalue weighted by atomic mass is 19.3. The molecular formula is C14H16F2N4. The minimum atomic E-state index is -2.55. The molecule has 0 aliphatic carbocycles. The third kappa shape index (κ3) is 2.45. The van der Waals surface area contributed by atoms with Crippen molar-refractivity contribution in [2.24, 2.45) is 0 Å². The lowest BCUT2D eigenvalue weighted by atomic mass is 10.0. The van der Waals surface area contributed by atoms with Crippen molar-refractivity contribution in [3.8, 4) is 11.4 Å². The van der Waals surface area contributed by atoms with E-state index in [1.807, 2.05) is 17.0 Å². The van der Waals surface area contributed by atoms with Gasteiger partial charge in [-0.15, -0.1) is 0 Å². The Kier molecular flexibility index (Phi) is 3.08. The zero-order chi connectivity index (χ0) is 14.2. The van der Waals surface area contributed by atoms with Crippen LogP contribution in [0.2, 0.25) is 0 Å². The molecular weight excluding hydrogens is 262 g/mol. The number of hydrogen-bond donors (Lipinski definition) is 2. The fourth-order valence-corrected chi connectivity index (χ4v) is 2.50. The summed E-state index contributed by atoms with van der Waals surface area (Å²) >= 11 is 0. The highest BCUT2D eigenvalue weighted by Gasteiger charge is 2.34. The molecule has 20 heavy (non-hydrogen) atoms. The Balaban J connectivity index is 1.95. The van der Waals surface area contributed by atoms with Gasteiger partial charge >= 0.3 is 0 Å². The average Bonchev–Trinajstić information content (AvgIpc) is 2.92. The van der Waals surface area contributed by atoms with Gasteiger partial charge < -0.3 is 15.6 Å². The Morgan fingerprint density at radius 2 is 2.00 bits per heavy atom. The molecule has 2 heterocycles. The van der Waals surface area contributed by atoms with Crippen LogP contribution in [-0.4, -0.2) is 29.0 Å². The van der Waals surface area contributed by atoms with E-state index < -0.39 is 5.92 Å². The molecule has 0 bridgehead atoms. The van der Waals surface area contributed by atoms with E-state index in [2.05, 4.69) is 9.97 Å². The predicted molar refractivity (Wildman–Crippen MR) is 74.8 cm³/mol. The molecule has 1 aliphatic rings. The minimum absolute atomic E-state index is 0.126. The van der Waals surface area contributed by atoms with Crippen LogP contribution in [0, 0.1) is 0 Å². The zero-order valence-corrected chi connectivity index (χ0v) is 10.9. The average molecular weight is 278 g/mol. The fourth-order valence-electron chi connectivity index (χ4n) is 2.50. The largest absolute Gasteiger partial charge is 0.399 e. The van der Waals surface area contributed by atoms with E-state index in [1.54, 1.807) is 18.5 Å². The molecule has 0 unspecified atom stereocenters. The number of aromatic nitrogens is 2. The maximum atomic E-state index is 13.3. The summed E-state index contributed by atoms with van der Waals surface area (Å²) in [7, 11) is 0. The molecule has 1 aliphatic heterocycles. The van der Waals surface area contributed by atoms with Gasteiger partial charge in [0.15, 0.2) is 0 Å². The Hall–Kier alpha value is -2.11. The molecule has 1 saturated heterocycles. The van der Waals surface area contributed by atoms with Crippen molar-refractivity contribution in [3.63, 3.8) is 0 Å². The van der Waals surface area contributed by atoms with E-state index in [1.165, 1.54) is 0 Å². The summed E-state index contributed by atoms with van der Waals surface area (Å²) in [5, 5.41) is 0. The number of anilines is 2. The molecule has 0 atom stereocenters. The first-order chi connectivity index (χ1) is 9.55. The molecule has 0 amide bonds. The Labute approximate surface area is 115 Å². The van der Waals surface area contributed by atoms with Gasteiger partial charge in [-0.1, -0.05) is 0 Å². The van der Waals surface area contributed by atoms with Crippen LogP contribution in [0.5, 0.6) is 0 Å². The van der Waals surface area contributed by atoms with E-state index in [4.69, 9.17) is 5.73 Å². The number of nitrogens with one attached hydrogen (secondary N) is 1. The van der Waals surface area contributed by atoms with Crippen molar-refractivity contribution in [3.05, 3.63) is 30.6 Å². The van der Waals surface area contributed by atoms with Crippen LogP contribution in [-0.2, 0) is 0 Å². The van der Waals surface area contributed by atoms with E-state index in [0.29, 0.717) is 18.8 Å². The van der Waals surface area contributed by atoms with Crippen LogP contribution >= 0.6 is 0 Å². The first kappa shape index (κ1) is 12.9. The SMILES string of the molecule is Nc1ccc(-c2ncc[nH]2)c(N2CCC(F)(F)CC2)c1. The highest BCUT2D eigenvalue weighted by Crippen LogP contribution is 2.35. The first-order valence-corrected chi connectivity index (χ1v) is 6.57. The summed E-state index contributed by atoms with van der Waals surface area (Å²) in [6, 6.07) is 5.48. The number of imidazole rings is 1. The lowest BCUT2D eigenvalue weighted by Gasteiger charge is -2.34. The summed E-state index contributed by atoms with van der Waals surface area (Å²) in [5.74, 6) is -1.83. The summed E-state index contributed by atoms with van der Waals surface area (Å²) in [4.78, 5) is 9.22. The number of rotatable bonds is 2. The zero-order valence-electron chi connectivity index (χ0n) is 10.9. The molecule has 0 radical (unpaired) electrons. The van der Waals surface area contributed by atoms with Gasteiger partial charge in [0, 0.05) is 55.3 Å². The monoisotopic (exact) mass is 278 g/mol.